The first-order valence-electron chi connectivity index (χ1n) is 7.97. The molecule has 5 heteroatoms. The molecule has 2 rings (SSSR count). The van der Waals surface area contributed by atoms with E-state index in [1.54, 1.807) is 12.1 Å². The van der Waals surface area contributed by atoms with E-state index < -0.39 is 10.1 Å². The molecule has 0 atom stereocenters. The molecule has 2 aromatic rings. The minimum absolute atomic E-state index is 0. The van der Waals surface area contributed by atoms with Gasteiger partial charge in [0.05, 0.1) is 4.90 Å². The van der Waals surface area contributed by atoms with Crippen molar-refractivity contribution in [2.45, 2.75) is 57.3 Å². The molecule has 0 radical (unpaired) electrons. The van der Waals surface area contributed by atoms with Crippen LogP contribution in [-0.2, 0) is 23.0 Å². The van der Waals surface area contributed by atoms with E-state index in [4.69, 9.17) is 0 Å². The van der Waals surface area contributed by atoms with Gasteiger partial charge in [-0.05, 0) is 53.6 Å². The number of benzene rings is 2. The Kier molecular flexibility index (Phi) is 8.25. The quantitative estimate of drug-likeness (QED) is 0.565. The predicted octanol–water partition coefficient (Wildman–Crippen LogP) is 1.43. The van der Waals surface area contributed by atoms with Gasteiger partial charge in [-0.15, -0.1) is 0 Å². The molecule has 2 aromatic carbocycles. The van der Waals surface area contributed by atoms with Gasteiger partial charge in [0, 0.05) is 0 Å². The summed E-state index contributed by atoms with van der Waals surface area (Å²) < 4.78 is 34.9. The van der Waals surface area contributed by atoms with Crippen LogP contribution < -0.4 is 29.6 Å². The zero-order valence-corrected chi connectivity index (χ0v) is 17.1. The Labute approximate surface area is 161 Å². The van der Waals surface area contributed by atoms with E-state index >= 15 is 0 Å². The second-order valence-corrected chi connectivity index (χ2v) is 7.12. The van der Waals surface area contributed by atoms with Crippen LogP contribution in [0.15, 0.2) is 35.2 Å². The largest absolute Gasteiger partial charge is 1.00 e. The second-order valence-electron chi connectivity index (χ2n) is 5.77. The van der Waals surface area contributed by atoms with Crippen molar-refractivity contribution in [3.05, 3.63) is 41.5 Å². The average molecular weight is 342 g/mol. The Morgan fingerprint density at radius 3 is 2.22 bits per heavy atom. The van der Waals surface area contributed by atoms with Gasteiger partial charge in [-0.3, -0.25) is 0 Å². The standard InChI is InChI=1S/C18H24O3S.Na/c1-3-5-8-14-12-17-15(9-6-4-2)10-7-11-16(17)18(13-14)22(19,20)21;/h7,10-13H,3-6,8-9H2,1-2H3,(H,19,20,21);/q;+1/p-1. The summed E-state index contributed by atoms with van der Waals surface area (Å²) >= 11 is 0. The third kappa shape index (κ3) is 5.30. The van der Waals surface area contributed by atoms with Crippen molar-refractivity contribution in [1.82, 2.24) is 0 Å². The zero-order valence-electron chi connectivity index (χ0n) is 14.3. The smallest absolute Gasteiger partial charge is 0.744 e. The first-order chi connectivity index (χ1) is 10.5. The number of hydrogen-bond donors (Lipinski definition) is 0. The Bertz CT molecular complexity index is 754. The normalized spacial score (nSPS) is 11.4. The van der Waals surface area contributed by atoms with E-state index in [2.05, 4.69) is 19.9 Å². The van der Waals surface area contributed by atoms with Crippen LogP contribution in [0.2, 0.25) is 0 Å². The average Bonchev–Trinajstić information content (AvgIpc) is 2.49. The van der Waals surface area contributed by atoms with Crippen LogP contribution in [0.4, 0.5) is 0 Å². The van der Waals surface area contributed by atoms with Crippen molar-refractivity contribution in [3.63, 3.8) is 0 Å². The van der Waals surface area contributed by atoms with E-state index in [0.29, 0.717) is 5.39 Å². The predicted molar refractivity (Wildman–Crippen MR) is 89.1 cm³/mol. The van der Waals surface area contributed by atoms with E-state index in [9.17, 15) is 13.0 Å². The molecule has 0 saturated carbocycles. The fourth-order valence-corrected chi connectivity index (χ4v) is 3.53. The third-order valence-electron chi connectivity index (χ3n) is 4.00. The van der Waals surface area contributed by atoms with E-state index in [0.717, 1.165) is 55.0 Å². The van der Waals surface area contributed by atoms with Crippen molar-refractivity contribution in [2.24, 2.45) is 0 Å². The van der Waals surface area contributed by atoms with Crippen molar-refractivity contribution in [3.8, 4) is 0 Å². The SMILES string of the molecule is CCCCc1cc(S(=O)(=O)[O-])c2cccc(CCCC)c2c1.[Na+]. The Balaban J connectivity index is 0.00000264. The molecule has 120 valence electrons. The summed E-state index contributed by atoms with van der Waals surface area (Å²) in [6, 6.07) is 9.23. The zero-order chi connectivity index (χ0) is 16.2. The van der Waals surface area contributed by atoms with Gasteiger partial charge in [0.25, 0.3) is 0 Å². The van der Waals surface area contributed by atoms with Crippen molar-refractivity contribution in [2.75, 3.05) is 0 Å². The molecule has 0 bridgehead atoms. The number of hydrogen-bond acceptors (Lipinski definition) is 3. The summed E-state index contributed by atoms with van der Waals surface area (Å²) in [5.41, 5.74) is 2.07. The molecule has 0 unspecified atom stereocenters. The van der Waals surface area contributed by atoms with Crippen molar-refractivity contribution >= 4 is 20.9 Å². The Morgan fingerprint density at radius 2 is 1.61 bits per heavy atom. The molecule has 0 N–H and O–H groups in total. The maximum Gasteiger partial charge on any atom is 1.00 e. The summed E-state index contributed by atoms with van der Waals surface area (Å²) in [6.45, 7) is 4.23. The summed E-state index contributed by atoms with van der Waals surface area (Å²) in [4.78, 5) is -0.0746. The van der Waals surface area contributed by atoms with Crippen molar-refractivity contribution in [1.29, 1.82) is 0 Å². The van der Waals surface area contributed by atoms with E-state index in [-0.39, 0.29) is 34.5 Å². The van der Waals surface area contributed by atoms with Crippen LogP contribution in [0.5, 0.6) is 0 Å². The van der Waals surface area contributed by atoms with E-state index in [1.165, 1.54) is 0 Å². The van der Waals surface area contributed by atoms with Gasteiger partial charge in [-0.25, -0.2) is 8.42 Å². The van der Waals surface area contributed by atoms with Crippen LogP contribution in [0.3, 0.4) is 0 Å². The minimum atomic E-state index is -4.46. The molecule has 3 nitrogen and oxygen atoms in total. The molecule has 23 heavy (non-hydrogen) atoms. The fourth-order valence-electron chi connectivity index (χ4n) is 2.79. The van der Waals surface area contributed by atoms with Gasteiger partial charge < -0.3 is 4.55 Å². The van der Waals surface area contributed by atoms with Crippen LogP contribution in [0.25, 0.3) is 10.8 Å². The second kappa shape index (κ2) is 9.19. The fraction of sp³-hybridized carbons (Fsp3) is 0.444. The monoisotopic (exact) mass is 342 g/mol. The Morgan fingerprint density at radius 1 is 0.957 bits per heavy atom. The molecule has 0 fully saturated rings. The van der Waals surface area contributed by atoms with Gasteiger partial charge in [0.15, 0.2) is 0 Å². The summed E-state index contributed by atoms with van der Waals surface area (Å²) in [6.07, 6.45) is 5.87. The molecule has 0 aliphatic rings. The maximum absolute atomic E-state index is 11.6. The number of fused-ring (bicyclic) bond motifs is 1. The van der Waals surface area contributed by atoms with Crippen LogP contribution in [-0.4, -0.2) is 13.0 Å². The van der Waals surface area contributed by atoms with Crippen LogP contribution in [0.1, 0.15) is 50.7 Å². The molecule has 0 amide bonds. The summed E-state index contributed by atoms with van der Waals surface area (Å²) in [5.74, 6) is 0. The first-order valence-corrected chi connectivity index (χ1v) is 9.38. The summed E-state index contributed by atoms with van der Waals surface area (Å²) in [5, 5.41) is 1.47. The van der Waals surface area contributed by atoms with Crippen LogP contribution in [0, 0.1) is 0 Å². The minimum Gasteiger partial charge on any atom is -0.744 e. The van der Waals surface area contributed by atoms with Crippen LogP contribution >= 0.6 is 0 Å². The number of unbranched alkanes of at least 4 members (excludes halogenated alkanes) is 2. The first kappa shape index (κ1) is 20.7. The van der Waals surface area contributed by atoms with E-state index in [1.807, 2.05) is 12.1 Å². The molecule has 0 aliphatic heterocycles. The molecule has 0 spiro atoms. The number of rotatable bonds is 7. The molecule has 0 saturated heterocycles. The van der Waals surface area contributed by atoms with Gasteiger partial charge in [-0.1, -0.05) is 51.0 Å². The maximum atomic E-state index is 11.6. The Hall–Kier alpha value is -0.390. The van der Waals surface area contributed by atoms with Gasteiger partial charge >= 0.3 is 29.6 Å². The van der Waals surface area contributed by atoms with Crippen molar-refractivity contribution < 1.29 is 42.5 Å². The molecule has 0 heterocycles. The molecular formula is C18H23NaO3S. The van der Waals surface area contributed by atoms with Gasteiger partial charge in [-0.2, -0.15) is 0 Å². The third-order valence-corrected chi connectivity index (χ3v) is 4.87. The molecule has 0 aliphatic carbocycles. The summed E-state index contributed by atoms with van der Waals surface area (Å²) in [7, 11) is -4.46. The molecular weight excluding hydrogens is 319 g/mol. The van der Waals surface area contributed by atoms with Gasteiger partial charge in [0.2, 0.25) is 0 Å². The topological polar surface area (TPSA) is 57.2 Å². The number of aryl methyl sites for hydroxylation is 2. The van der Waals surface area contributed by atoms with Gasteiger partial charge in [0.1, 0.15) is 10.1 Å². The molecule has 0 aromatic heterocycles.